The maximum absolute atomic E-state index is 12.6. The zero-order chi connectivity index (χ0) is 21.1. The summed E-state index contributed by atoms with van der Waals surface area (Å²) >= 11 is 3.32. The maximum atomic E-state index is 12.6. The standard InChI is InChI=1S/C20H14BrNO7/c1-27-18(24)11-5-12(19(25)28-2)8-14(7-11)22-17(23)15-9-10-6-13(21)3-4-16(10)29-20(15)26/h3-9H,1-2H3,(H,22,23). The van der Waals surface area contributed by atoms with Gasteiger partial charge < -0.3 is 19.2 Å². The van der Waals surface area contributed by atoms with Crippen molar-refractivity contribution in [2.75, 3.05) is 19.5 Å². The minimum Gasteiger partial charge on any atom is -0.465 e. The topological polar surface area (TPSA) is 112 Å². The summed E-state index contributed by atoms with van der Waals surface area (Å²) in [6.07, 6.45) is 0. The summed E-state index contributed by atoms with van der Waals surface area (Å²) in [5.74, 6) is -2.18. The van der Waals surface area contributed by atoms with E-state index in [4.69, 9.17) is 4.42 Å². The molecule has 148 valence electrons. The van der Waals surface area contributed by atoms with E-state index in [1.807, 2.05) is 0 Å². The first-order valence-corrected chi connectivity index (χ1v) is 8.98. The van der Waals surface area contributed by atoms with Gasteiger partial charge in [-0.1, -0.05) is 15.9 Å². The second-order valence-corrected chi connectivity index (χ2v) is 6.78. The number of methoxy groups -OCH3 is 2. The lowest BCUT2D eigenvalue weighted by molar-refractivity contribution is 0.0599. The molecule has 0 atom stereocenters. The Kier molecular flexibility index (Phi) is 5.79. The molecule has 0 saturated carbocycles. The van der Waals surface area contributed by atoms with Gasteiger partial charge in [0.15, 0.2) is 0 Å². The third-order valence-electron chi connectivity index (χ3n) is 3.97. The zero-order valence-electron chi connectivity index (χ0n) is 15.3. The Labute approximate surface area is 172 Å². The highest BCUT2D eigenvalue weighted by Crippen LogP contribution is 2.21. The van der Waals surface area contributed by atoms with Gasteiger partial charge in [-0.2, -0.15) is 0 Å². The van der Waals surface area contributed by atoms with Crippen LogP contribution in [-0.4, -0.2) is 32.1 Å². The molecule has 0 saturated heterocycles. The second kappa shape index (κ2) is 8.27. The predicted octanol–water partition coefficient (Wildman–Crippen LogP) is 3.38. The molecule has 0 aliphatic carbocycles. The van der Waals surface area contributed by atoms with Gasteiger partial charge in [-0.05, 0) is 42.5 Å². The van der Waals surface area contributed by atoms with Crippen molar-refractivity contribution in [2.24, 2.45) is 0 Å². The fraction of sp³-hybridized carbons (Fsp3) is 0.100. The van der Waals surface area contributed by atoms with Gasteiger partial charge in [0, 0.05) is 15.5 Å². The summed E-state index contributed by atoms with van der Waals surface area (Å²) in [4.78, 5) is 48.6. The van der Waals surface area contributed by atoms with Gasteiger partial charge in [-0.15, -0.1) is 0 Å². The molecule has 1 aromatic heterocycles. The highest BCUT2D eigenvalue weighted by Gasteiger charge is 2.18. The average molecular weight is 460 g/mol. The Hall–Kier alpha value is -3.46. The van der Waals surface area contributed by atoms with Gasteiger partial charge in [-0.3, -0.25) is 4.79 Å². The molecule has 8 nitrogen and oxygen atoms in total. The van der Waals surface area contributed by atoms with Crippen molar-refractivity contribution in [2.45, 2.75) is 0 Å². The van der Waals surface area contributed by atoms with Crippen LogP contribution in [0.5, 0.6) is 0 Å². The van der Waals surface area contributed by atoms with E-state index < -0.39 is 23.5 Å². The molecular weight excluding hydrogens is 446 g/mol. The van der Waals surface area contributed by atoms with E-state index in [1.54, 1.807) is 18.2 Å². The number of anilines is 1. The highest BCUT2D eigenvalue weighted by atomic mass is 79.9. The van der Waals surface area contributed by atoms with E-state index in [1.165, 1.54) is 38.5 Å². The Morgan fingerprint density at radius 3 is 2.14 bits per heavy atom. The van der Waals surface area contributed by atoms with Crippen LogP contribution in [0.25, 0.3) is 11.0 Å². The summed E-state index contributed by atoms with van der Waals surface area (Å²) in [6.45, 7) is 0. The van der Waals surface area contributed by atoms with Crippen molar-refractivity contribution in [1.82, 2.24) is 0 Å². The third kappa shape index (κ3) is 4.35. The molecule has 29 heavy (non-hydrogen) atoms. The molecule has 0 spiro atoms. The third-order valence-corrected chi connectivity index (χ3v) is 4.47. The molecule has 0 radical (unpaired) electrons. The lowest BCUT2D eigenvalue weighted by atomic mass is 10.1. The normalized spacial score (nSPS) is 10.4. The first-order valence-electron chi connectivity index (χ1n) is 8.19. The number of halogens is 1. The number of rotatable bonds is 4. The minimum absolute atomic E-state index is 0.0279. The van der Waals surface area contributed by atoms with Gasteiger partial charge in [0.05, 0.1) is 25.3 Å². The summed E-state index contributed by atoms with van der Waals surface area (Å²) in [6, 6.07) is 10.3. The number of esters is 2. The summed E-state index contributed by atoms with van der Waals surface area (Å²) in [5.41, 5.74) is -0.573. The molecule has 1 heterocycles. The zero-order valence-corrected chi connectivity index (χ0v) is 16.9. The number of carbonyl (C=O) groups excluding carboxylic acids is 3. The number of hydrogen-bond donors (Lipinski definition) is 1. The minimum atomic E-state index is -0.824. The maximum Gasteiger partial charge on any atom is 0.349 e. The SMILES string of the molecule is COC(=O)c1cc(NC(=O)c2cc3cc(Br)ccc3oc2=O)cc(C(=O)OC)c1. The van der Waals surface area contributed by atoms with Crippen molar-refractivity contribution in [3.05, 3.63) is 74.0 Å². The number of carbonyl (C=O) groups is 3. The molecule has 0 bridgehead atoms. The predicted molar refractivity (Wildman–Crippen MR) is 107 cm³/mol. The molecule has 1 amide bonds. The molecule has 2 aromatic carbocycles. The fourth-order valence-corrected chi connectivity index (χ4v) is 3.00. The van der Waals surface area contributed by atoms with E-state index in [0.29, 0.717) is 11.0 Å². The lowest BCUT2D eigenvalue weighted by Gasteiger charge is -2.09. The van der Waals surface area contributed by atoms with Crippen molar-refractivity contribution in [3.63, 3.8) is 0 Å². The van der Waals surface area contributed by atoms with Crippen LogP contribution < -0.4 is 10.9 Å². The smallest absolute Gasteiger partial charge is 0.349 e. The number of hydrogen-bond acceptors (Lipinski definition) is 7. The van der Waals surface area contributed by atoms with Crippen LogP contribution in [-0.2, 0) is 9.47 Å². The number of amides is 1. The molecule has 0 fully saturated rings. The lowest BCUT2D eigenvalue weighted by Crippen LogP contribution is -2.21. The number of ether oxygens (including phenoxy) is 2. The van der Waals surface area contributed by atoms with Crippen LogP contribution in [0.4, 0.5) is 5.69 Å². The van der Waals surface area contributed by atoms with E-state index in [0.717, 1.165) is 4.47 Å². The largest absolute Gasteiger partial charge is 0.465 e. The van der Waals surface area contributed by atoms with E-state index >= 15 is 0 Å². The van der Waals surface area contributed by atoms with Crippen LogP contribution in [0.3, 0.4) is 0 Å². The average Bonchev–Trinajstić information content (AvgIpc) is 2.71. The second-order valence-electron chi connectivity index (χ2n) is 5.87. The Morgan fingerprint density at radius 2 is 1.55 bits per heavy atom. The Bertz CT molecular complexity index is 1160. The Balaban J connectivity index is 2.01. The van der Waals surface area contributed by atoms with Crippen molar-refractivity contribution < 1.29 is 28.3 Å². The van der Waals surface area contributed by atoms with Gasteiger partial charge >= 0.3 is 17.6 Å². The molecule has 3 aromatic rings. The molecule has 3 rings (SSSR count). The van der Waals surface area contributed by atoms with E-state index in [-0.39, 0.29) is 22.4 Å². The molecule has 0 unspecified atom stereocenters. The Morgan fingerprint density at radius 1 is 0.931 bits per heavy atom. The molecule has 9 heteroatoms. The summed E-state index contributed by atoms with van der Waals surface area (Å²) in [5, 5.41) is 3.04. The molecular formula is C20H14BrNO7. The van der Waals surface area contributed by atoms with E-state index in [9.17, 15) is 19.2 Å². The van der Waals surface area contributed by atoms with Crippen molar-refractivity contribution in [1.29, 1.82) is 0 Å². The number of benzene rings is 2. The van der Waals surface area contributed by atoms with Crippen molar-refractivity contribution >= 4 is 50.4 Å². The summed E-state index contributed by atoms with van der Waals surface area (Å²) < 4.78 is 15.2. The first-order chi connectivity index (χ1) is 13.8. The monoisotopic (exact) mass is 459 g/mol. The fourth-order valence-electron chi connectivity index (χ4n) is 2.62. The van der Waals surface area contributed by atoms with Crippen LogP contribution in [0.2, 0.25) is 0 Å². The van der Waals surface area contributed by atoms with Crippen molar-refractivity contribution in [3.8, 4) is 0 Å². The van der Waals surface area contributed by atoms with Crippen LogP contribution in [0, 0.1) is 0 Å². The molecule has 1 N–H and O–H groups in total. The first kappa shape index (κ1) is 20.3. The van der Waals surface area contributed by atoms with Gasteiger partial charge in [0.2, 0.25) is 0 Å². The van der Waals surface area contributed by atoms with Crippen LogP contribution in [0.1, 0.15) is 31.1 Å². The highest BCUT2D eigenvalue weighted by molar-refractivity contribution is 9.10. The van der Waals surface area contributed by atoms with Crippen LogP contribution in [0.15, 0.2) is 56.1 Å². The molecule has 0 aliphatic heterocycles. The number of fused-ring (bicyclic) bond motifs is 1. The molecule has 0 aliphatic rings. The quantitative estimate of drug-likeness (QED) is 0.469. The van der Waals surface area contributed by atoms with Crippen LogP contribution >= 0.6 is 15.9 Å². The van der Waals surface area contributed by atoms with E-state index in [2.05, 4.69) is 30.7 Å². The number of nitrogens with one attached hydrogen (secondary N) is 1. The van der Waals surface area contributed by atoms with Gasteiger partial charge in [-0.25, -0.2) is 14.4 Å². The summed E-state index contributed by atoms with van der Waals surface area (Å²) in [7, 11) is 2.37. The van der Waals surface area contributed by atoms with Gasteiger partial charge in [0.25, 0.3) is 5.91 Å². The van der Waals surface area contributed by atoms with Gasteiger partial charge in [0.1, 0.15) is 11.1 Å².